The lowest BCUT2D eigenvalue weighted by Gasteiger charge is -2.00. The lowest BCUT2D eigenvalue weighted by Crippen LogP contribution is -2.03. The van der Waals surface area contributed by atoms with Crippen molar-refractivity contribution in [2.45, 2.75) is 13.8 Å². The van der Waals surface area contributed by atoms with E-state index in [0.29, 0.717) is 17.2 Å². The molecule has 0 spiro atoms. The van der Waals surface area contributed by atoms with E-state index in [1.807, 2.05) is 13.8 Å². The molecule has 0 radical (unpaired) electrons. The molecule has 1 N–H and O–H groups in total. The highest BCUT2D eigenvalue weighted by Crippen LogP contribution is 2.10. The van der Waals surface area contributed by atoms with Gasteiger partial charge >= 0.3 is 0 Å². The van der Waals surface area contributed by atoms with E-state index in [4.69, 9.17) is 5.41 Å². The Balaban J connectivity index is 0.000000956. The molecule has 5 nitrogen and oxygen atoms in total. The Labute approximate surface area is 118 Å². The van der Waals surface area contributed by atoms with E-state index in [1.165, 1.54) is 0 Å². The van der Waals surface area contributed by atoms with Gasteiger partial charge in [0.05, 0.1) is 5.71 Å². The Morgan fingerprint density at radius 3 is 1.85 bits per heavy atom. The van der Waals surface area contributed by atoms with Crippen LogP contribution in [0.25, 0.3) is 5.57 Å². The summed E-state index contributed by atoms with van der Waals surface area (Å²) in [7, 11) is 0. The molecule has 0 bridgehead atoms. The standard InChI is InChI=1S/C13H11N5.C2H6/c1-2-10(12-15-5-3-6-16-12)9-11(14)13-17-7-4-8-18-13;1-2/h2-9,14H,1H2;1-2H3/b10-9+,14-11?;. The quantitative estimate of drug-likeness (QED) is 0.682. The van der Waals surface area contributed by atoms with E-state index >= 15 is 0 Å². The molecule has 5 heteroatoms. The van der Waals surface area contributed by atoms with Crippen molar-refractivity contribution in [2.24, 2.45) is 0 Å². The van der Waals surface area contributed by atoms with Crippen molar-refractivity contribution in [2.75, 3.05) is 0 Å². The number of allylic oxidation sites excluding steroid dienone is 3. The highest BCUT2D eigenvalue weighted by molar-refractivity contribution is 6.08. The Morgan fingerprint density at radius 1 is 0.950 bits per heavy atom. The molecule has 0 fully saturated rings. The van der Waals surface area contributed by atoms with Gasteiger partial charge in [-0.05, 0) is 18.2 Å². The predicted octanol–water partition coefficient (Wildman–Crippen LogP) is 2.93. The summed E-state index contributed by atoms with van der Waals surface area (Å²) in [6.45, 7) is 7.70. The van der Waals surface area contributed by atoms with Crippen LogP contribution >= 0.6 is 0 Å². The van der Waals surface area contributed by atoms with Gasteiger partial charge in [-0.2, -0.15) is 0 Å². The van der Waals surface area contributed by atoms with Crippen molar-refractivity contribution in [3.8, 4) is 0 Å². The van der Waals surface area contributed by atoms with Gasteiger partial charge < -0.3 is 0 Å². The summed E-state index contributed by atoms with van der Waals surface area (Å²) in [6.07, 6.45) is 9.67. The number of hydrogen-bond acceptors (Lipinski definition) is 5. The molecule has 0 atom stereocenters. The maximum absolute atomic E-state index is 7.91. The van der Waals surface area contributed by atoms with Crippen molar-refractivity contribution in [3.05, 3.63) is 67.3 Å². The van der Waals surface area contributed by atoms with Gasteiger partial charge in [0.1, 0.15) is 0 Å². The molecule has 0 saturated heterocycles. The first-order chi connectivity index (χ1) is 9.81. The van der Waals surface area contributed by atoms with Crippen molar-refractivity contribution in [1.29, 1.82) is 5.41 Å². The summed E-state index contributed by atoms with van der Waals surface area (Å²) in [6, 6.07) is 3.44. The first kappa shape index (κ1) is 15.4. The first-order valence-corrected chi connectivity index (χ1v) is 6.28. The number of aromatic nitrogens is 4. The zero-order valence-corrected chi connectivity index (χ0v) is 11.6. The van der Waals surface area contributed by atoms with Gasteiger partial charge in [-0.15, -0.1) is 0 Å². The Morgan fingerprint density at radius 2 is 1.40 bits per heavy atom. The summed E-state index contributed by atoms with van der Waals surface area (Å²) in [5.74, 6) is 0.876. The zero-order chi connectivity index (χ0) is 14.8. The van der Waals surface area contributed by atoms with Gasteiger partial charge in [0.2, 0.25) is 0 Å². The molecular weight excluding hydrogens is 250 g/mol. The van der Waals surface area contributed by atoms with Crippen LogP contribution in [-0.4, -0.2) is 25.6 Å². The van der Waals surface area contributed by atoms with Crippen LogP contribution < -0.4 is 0 Å². The summed E-state index contributed by atoms with van der Waals surface area (Å²) in [5, 5.41) is 7.91. The number of nitrogens with zero attached hydrogens (tertiary/aromatic N) is 4. The highest BCUT2D eigenvalue weighted by atomic mass is 14.9. The highest BCUT2D eigenvalue weighted by Gasteiger charge is 2.05. The fourth-order valence-electron chi connectivity index (χ4n) is 1.32. The Hall–Kier alpha value is -2.69. The van der Waals surface area contributed by atoms with Crippen LogP contribution in [0.5, 0.6) is 0 Å². The van der Waals surface area contributed by atoms with Crippen molar-refractivity contribution in [1.82, 2.24) is 19.9 Å². The molecule has 0 unspecified atom stereocenters. The zero-order valence-electron chi connectivity index (χ0n) is 11.6. The fraction of sp³-hybridized carbons (Fsp3) is 0.133. The summed E-state index contributed by atoms with van der Waals surface area (Å²) in [4.78, 5) is 16.2. The van der Waals surface area contributed by atoms with Gasteiger partial charge in [-0.1, -0.05) is 26.5 Å². The smallest absolute Gasteiger partial charge is 0.177 e. The minimum atomic E-state index is 0.193. The van der Waals surface area contributed by atoms with E-state index in [-0.39, 0.29) is 5.71 Å². The molecule has 2 rings (SSSR count). The maximum Gasteiger partial charge on any atom is 0.177 e. The molecule has 2 aromatic rings. The molecule has 0 amide bonds. The SMILES string of the molecule is C=C/C(=C\C(=N)c1ncccn1)c1ncccn1.CC. The molecule has 0 saturated carbocycles. The van der Waals surface area contributed by atoms with Crippen LogP contribution in [0.1, 0.15) is 25.5 Å². The van der Waals surface area contributed by atoms with Crippen LogP contribution in [0.15, 0.2) is 55.7 Å². The monoisotopic (exact) mass is 267 g/mol. The van der Waals surface area contributed by atoms with E-state index in [2.05, 4.69) is 26.5 Å². The van der Waals surface area contributed by atoms with Crippen LogP contribution in [0, 0.1) is 5.41 Å². The molecule has 2 aromatic heterocycles. The lowest BCUT2D eigenvalue weighted by atomic mass is 10.1. The van der Waals surface area contributed by atoms with Crippen LogP contribution in [-0.2, 0) is 0 Å². The predicted molar refractivity (Wildman–Crippen MR) is 80.4 cm³/mol. The first-order valence-electron chi connectivity index (χ1n) is 6.28. The second-order valence-corrected chi connectivity index (χ2v) is 3.36. The van der Waals surface area contributed by atoms with Gasteiger partial charge in [0, 0.05) is 30.4 Å². The van der Waals surface area contributed by atoms with Crippen LogP contribution in [0.2, 0.25) is 0 Å². The fourth-order valence-corrected chi connectivity index (χ4v) is 1.32. The van der Waals surface area contributed by atoms with Crippen molar-refractivity contribution < 1.29 is 0 Å². The topological polar surface area (TPSA) is 75.4 Å². The molecule has 0 aliphatic carbocycles. The van der Waals surface area contributed by atoms with E-state index in [9.17, 15) is 0 Å². The van der Waals surface area contributed by atoms with E-state index < -0.39 is 0 Å². The van der Waals surface area contributed by atoms with Gasteiger partial charge in [-0.3, -0.25) is 5.41 Å². The van der Waals surface area contributed by atoms with E-state index in [0.717, 1.165) is 0 Å². The molecular formula is C15H17N5. The minimum Gasteiger partial charge on any atom is -0.297 e. The molecule has 0 aromatic carbocycles. The number of hydrogen-bond donors (Lipinski definition) is 1. The molecule has 2 heterocycles. The molecule has 0 aliphatic heterocycles. The summed E-state index contributed by atoms with van der Waals surface area (Å²) < 4.78 is 0. The average molecular weight is 267 g/mol. The molecule has 20 heavy (non-hydrogen) atoms. The number of rotatable bonds is 4. The second kappa shape index (κ2) is 8.42. The van der Waals surface area contributed by atoms with Crippen molar-refractivity contribution >= 4 is 11.3 Å². The maximum atomic E-state index is 7.91. The van der Waals surface area contributed by atoms with E-state index in [1.54, 1.807) is 49.1 Å². The van der Waals surface area contributed by atoms with Crippen molar-refractivity contribution in [3.63, 3.8) is 0 Å². The van der Waals surface area contributed by atoms with Crippen LogP contribution in [0.3, 0.4) is 0 Å². The third kappa shape index (κ3) is 4.20. The summed E-state index contributed by atoms with van der Waals surface area (Å²) >= 11 is 0. The average Bonchev–Trinajstić information content (AvgIpc) is 2.56. The van der Waals surface area contributed by atoms with Gasteiger partial charge in [0.25, 0.3) is 0 Å². The largest absolute Gasteiger partial charge is 0.297 e. The molecule has 102 valence electrons. The Bertz CT molecular complexity index is 576. The third-order valence-electron chi connectivity index (χ3n) is 2.15. The number of nitrogens with one attached hydrogen (secondary N) is 1. The van der Waals surface area contributed by atoms with Crippen LogP contribution in [0.4, 0.5) is 0 Å². The third-order valence-corrected chi connectivity index (χ3v) is 2.15. The summed E-state index contributed by atoms with van der Waals surface area (Å²) in [5.41, 5.74) is 0.853. The minimum absolute atomic E-state index is 0.193. The molecule has 0 aliphatic rings. The van der Waals surface area contributed by atoms with Gasteiger partial charge in [-0.25, -0.2) is 19.9 Å². The normalized spacial score (nSPS) is 10.2. The van der Waals surface area contributed by atoms with Gasteiger partial charge in [0.15, 0.2) is 11.6 Å². The lowest BCUT2D eigenvalue weighted by molar-refractivity contribution is 1.12. The Kier molecular flexibility index (Phi) is 6.47. The second-order valence-electron chi connectivity index (χ2n) is 3.36.